The molecule has 0 saturated heterocycles. The largest absolute Gasteiger partial charge is 0.496 e. The Morgan fingerprint density at radius 2 is 2.27 bits per heavy atom. The van der Waals surface area contributed by atoms with Crippen LogP contribution in [0, 0.1) is 6.92 Å². The minimum Gasteiger partial charge on any atom is -0.496 e. The van der Waals surface area contributed by atoms with Crippen LogP contribution in [0.2, 0.25) is 5.02 Å². The van der Waals surface area contributed by atoms with Crippen molar-refractivity contribution in [3.8, 4) is 5.75 Å². The first-order valence-electron chi connectivity index (χ1n) is 6.66. The van der Waals surface area contributed by atoms with Crippen molar-refractivity contribution in [3.05, 3.63) is 40.5 Å². The van der Waals surface area contributed by atoms with E-state index in [9.17, 15) is 4.79 Å². The van der Waals surface area contributed by atoms with Crippen molar-refractivity contribution in [3.63, 3.8) is 0 Å². The van der Waals surface area contributed by atoms with Crippen LogP contribution in [0.15, 0.2) is 22.7 Å². The van der Waals surface area contributed by atoms with Crippen molar-refractivity contribution in [1.29, 1.82) is 0 Å². The molecule has 2 rings (SSSR count). The fraction of sp³-hybridized carbons (Fsp3) is 0.357. The van der Waals surface area contributed by atoms with Crippen LogP contribution in [-0.4, -0.2) is 23.3 Å². The maximum absolute atomic E-state index is 11.9. The third-order valence-corrected chi connectivity index (χ3v) is 3.20. The second kappa shape index (κ2) is 7.13. The predicted molar refractivity (Wildman–Crippen MR) is 80.8 cm³/mol. The summed E-state index contributed by atoms with van der Waals surface area (Å²) >= 11 is 5.94. The van der Waals surface area contributed by atoms with Gasteiger partial charge in [0.15, 0.2) is 5.82 Å². The molecule has 1 atom stereocenters. The number of carbonyl (C=O) groups excluding carboxylic acids is 1. The van der Waals surface area contributed by atoms with E-state index < -0.39 is 0 Å². The van der Waals surface area contributed by atoms with Gasteiger partial charge in [0.2, 0.25) is 5.89 Å². The summed E-state index contributed by atoms with van der Waals surface area (Å²) in [6.07, 6.45) is 0. The zero-order valence-corrected chi connectivity index (χ0v) is 13.3. The SMILES string of the molecule is COc1ccc(Cl)cc1CNC(=O)NC(C)c1noc(C)n1. The van der Waals surface area contributed by atoms with Gasteiger partial charge in [-0.2, -0.15) is 4.98 Å². The normalized spacial score (nSPS) is 11.8. The van der Waals surface area contributed by atoms with E-state index in [1.807, 2.05) is 0 Å². The minimum atomic E-state index is -0.362. The van der Waals surface area contributed by atoms with E-state index in [4.69, 9.17) is 20.9 Å². The Bertz CT molecular complexity index is 659. The lowest BCUT2D eigenvalue weighted by Gasteiger charge is -2.13. The van der Waals surface area contributed by atoms with Crippen LogP contribution in [0.3, 0.4) is 0 Å². The first-order valence-corrected chi connectivity index (χ1v) is 7.04. The number of nitrogens with zero attached hydrogens (tertiary/aromatic N) is 2. The van der Waals surface area contributed by atoms with Gasteiger partial charge < -0.3 is 19.9 Å². The third-order valence-electron chi connectivity index (χ3n) is 2.96. The molecule has 1 heterocycles. The first-order chi connectivity index (χ1) is 10.5. The molecule has 0 aliphatic rings. The van der Waals surface area contributed by atoms with E-state index in [0.29, 0.717) is 22.5 Å². The van der Waals surface area contributed by atoms with E-state index in [0.717, 1.165) is 5.56 Å². The van der Waals surface area contributed by atoms with Crippen molar-refractivity contribution in [2.75, 3.05) is 7.11 Å². The monoisotopic (exact) mass is 324 g/mol. The lowest BCUT2D eigenvalue weighted by molar-refractivity contribution is 0.236. The number of urea groups is 1. The summed E-state index contributed by atoms with van der Waals surface area (Å²) in [5, 5.41) is 9.79. The molecule has 1 aromatic carbocycles. The Balaban J connectivity index is 1.91. The molecule has 0 fully saturated rings. The van der Waals surface area contributed by atoms with Gasteiger partial charge in [-0.3, -0.25) is 0 Å². The maximum Gasteiger partial charge on any atom is 0.315 e. The molecule has 1 unspecified atom stereocenters. The Labute approximate surface area is 133 Å². The van der Waals surface area contributed by atoms with Gasteiger partial charge in [0.1, 0.15) is 5.75 Å². The standard InChI is InChI=1S/C14H17ClN4O3/c1-8(13-18-9(2)22-19-13)17-14(20)16-7-10-6-11(15)4-5-12(10)21-3/h4-6,8H,7H2,1-3H3,(H2,16,17,20). The highest BCUT2D eigenvalue weighted by Crippen LogP contribution is 2.22. The average Bonchev–Trinajstić information content (AvgIpc) is 2.92. The number of rotatable bonds is 5. The Morgan fingerprint density at radius 3 is 2.91 bits per heavy atom. The van der Waals surface area contributed by atoms with Gasteiger partial charge in [-0.1, -0.05) is 16.8 Å². The second-order valence-electron chi connectivity index (χ2n) is 4.68. The highest BCUT2D eigenvalue weighted by Gasteiger charge is 2.15. The summed E-state index contributed by atoms with van der Waals surface area (Å²) in [7, 11) is 1.56. The molecule has 7 nitrogen and oxygen atoms in total. The van der Waals surface area contributed by atoms with Crippen LogP contribution < -0.4 is 15.4 Å². The quantitative estimate of drug-likeness (QED) is 0.882. The Kier molecular flexibility index (Phi) is 5.21. The number of aromatic nitrogens is 2. The van der Waals surface area contributed by atoms with E-state index in [2.05, 4.69) is 20.8 Å². The van der Waals surface area contributed by atoms with Gasteiger partial charge in [-0.05, 0) is 25.1 Å². The van der Waals surface area contributed by atoms with Gasteiger partial charge in [0.25, 0.3) is 0 Å². The number of benzene rings is 1. The van der Waals surface area contributed by atoms with Crippen LogP contribution in [0.4, 0.5) is 4.79 Å². The summed E-state index contributed by atoms with van der Waals surface area (Å²) in [5.74, 6) is 1.53. The molecule has 22 heavy (non-hydrogen) atoms. The second-order valence-corrected chi connectivity index (χ2v) is 5.11. The van der Waals surface area contributed by atoms with E-state index >= 15 is 0 Å². The third kappa shape index (κ3) is 4.11. The van der Waals surface area contributed by atoms with E-state index in [1.165, 1.54) is 0 Å². The number of nitrogens with one attached hydrogen (secondary N) is 2. The van der Waals surface area contributed by atoms with E-state index in [-0.39, 0.29) is 18.6 Å². The van der Waals surface area contributed by atoms with Crippen molar-refractivity contribution < 1.29 is 14.1 Å². The maximum atomic E-state index is 11.9. The van der Waals surface area contributed by atoms with Crippen molar-refractivity contribution in [1.82, 2.24) is 20.8 Å². The zero-order chi connectivity index (χ0) is 16.1. The van der Waals surface area contributed by atoms with Crippen LogP contribution in [0.25, 0.3) is 0 Å². The number of halogens is 1. The number of methoxy groups -OCH3 is 1. The molecule has 2 amide bonds. The van der Waals surface area contributed by atoms with E-state index in [1.54, 1.807) is 39.2 Å². The van der Waals surface area contributed by atoms with Crippen LogP contribution in [0.5, 0.6) is 5.75 Å². The average molecular weight is 325 g/mol. The topological polar surface area (TPSA) is 89.3 Å². The molecule has 2 N–H and O–H groups in total. The molecule has 2 aromatic rings. The molecule has 0 aliphatic carbocycles. The minimum absolute atomic E-state index is 0.285. The Morgan fingerprint density at radius 1 is 1.50 bits per heavy atom. The van der Waals surface area contributed by atoms with Crippen molar-refractivity contribution in [2.24, 2.45) is 0 Å². The van der Waals surface area contributed by atoms with Gasteiger partial charge in [0, 0.05) is 24.1 Å². The number of hydrogen-bond acceptors (Lipinski definition) is 5. The molecule has 118 valence electrons. The summed E-state index contributed by atoms with van der Waals surface area (Å²) < 4.78 is 10.1. The summed E-state index contributed by atoms with van der Waals surface area (Å²) in [6.45, 7) is 3.74. The number of amides is 2. The summed E-state index contributed by atoms with van der Waals surface area (Å²) in [5.41, 5.74) is 0.785. The zero-order valence-electron chi connectivity index (χ0n) is 12.5. The van der Waals surface area contributed by atoms with Gasteiger partial charge in [-0.25, -0.2) is 4.79 Å². The highest BCUT2D eigenvalue weighted by molar-refractivity contribution is 6.30. The molecular weight excluding hydrogens is 308 g/mol. The number of hydrogen-bond donors (Lipinski definition) is 2. The van der Waals surface area contributed by atoms with Crippen molar-refractivity contribution >= 4 is 17.6 Å². The number of ether oxygens (including phenoxy) is 1. The van der Waals surface area contributed by atoms with Gasteiger partial charge in [-0.15, -0.1) is 0 Å². The molecule has 0 radical (unpaired) electrons. The van der Waals surface area contributed by atoms with Crippen LogP contribution in [-0.2, 0) is 6.54 Å². The molecule has 0 spiro atoms. The fourth-order valence-corrected chi connectivity index (χ4v) is 2.06. The number of aryl methyl sites for hydroxylation is 1. The molecule has 0 bridgehead atoms. The predicted octanol–water partition coefficient (Wildman–Crippen LogP) is 2.60. The lowest BCUT2D eigenvalue weighted by Crippen LogP contribution is -2.37. The highest BCUT2D eigenvalue weighted by atomic mass is 35.5. The fourth-order valence-electron chi connectivity index (χ4n) is 1.86. The molecule has 0 saturated carbocycles. The molecular formula is C14H17ClN4O3. The van der Waals surface area contributed by atoms with Crippen LogP contribution >= 0.6 is 11.6 Å². The van der Waals surface area contributed by atoms with Crippen molar-refractivity contribution in [2.45, 2.75) is 26.4 Å². The summed E-state index contributed by atoms with van der Waals surface area (Å²) in [6, 6.07) is 4.51. The van der Waals surface area contributed by atoms with Gasteiger partial charge >= 0.3 is 6.03 Å². The molecule has 1 aromatic heterocycles. The van der Waals surface area contributed by atoms with Gasteiger partial charge in [0.05, 0.1) is 13.2 Å². The lowest BCUT2D eigenvalue weighted by atomic mass is 10.2. The number of carbonyl (C=O) groups is 1. The first kappa shape index (κ1) is 16.1. The smallest absolute Gasteiger partial charge is 0.315 e. The molecule has 0 aliphatic heterocycles. The van der Waals surface area contributed by atoms with Crippen LogP contribution in [0.1, 0.15) is 30.2 Å². The summed E-state index contributed by atoms with van der Waals surface area (Å²) in [4.78, 5) is 16.0. The molecule has 8 heteroatoms. The Hall–Kier alpha value is -2.28.